The van der Waals surface area contributed by atoms with Crippen molar-refractivity contribution < 1.29 is 4.79 Å². The summed E-state index contributed by atoms with van der Waals surface area (Å²) in [5.41, 5.74) is 8.36. The van der Waals surface area contributed by atoms with Gasteiger partial charge in [0.25, 0.3) is 0 Å². The second kappa shape index (κ2) is 7.25. The molecule has 0 atom stereocenters. The summed E-state index contributed by atoms with van der Waals surface area (Å²) < 4.78 is 0. The SMILES string of the molecule is NC1CCN(C(=O)Cc2ccc(CN3CCCC3)cc2)CC1. The molecule has 1 aromatic carbocycles. The van der Waals surface area contributed by atoms with E-state index >= 15 is 0 Å². The Morgan fingerprint density at radius 2 is 1.59 bits per heavy atom. The Morgan fingerprint density at radius 3 is 2.23 bits per heavy atom. The number of piperidine rings is 1. The summed E-state index contributed by atoms with van der Waals surface area (Å²) in [6.07, 6.45) is 5.03. The van der Waals surface area contributed by atoms with Crippen molar-refractivity contribution in [3.63, 3.8) is 0 Å². The largest absolute Gasteiger partial charge is 0.342 e. The molecule has 4 heteroatoms. The summed E-state index contributed by atoms with van der Waals surface area (Å²) in [6.45, 7) is 5.10. The molecule has 0 unspecified atom stereocenters. The lowest BCUT2D eigenvalue weighted by molar-refractivity contribution is -0.131. The zero-order valence-corrected chi connectivity index (χ0v) is 13.3. The van der Waals surface area contributed by atoms with E-state index < -0.39 is 0 Å². The van der Waals surface area contributed by atoms with Crippen molar-refractivity contribution in [1.82, 2.24) is 9.80 Å². The molecule has 2 fully saturated rings. The van der Waals surface area contributed by atoms with Crippen LogP contribution in [0.2, 0.25) is 0 Å². The zero-order valence-electron chi connectivity index (χ0n) is 13.3. The van der Waals surface area contributed by atoms with E-state index in [1.807, 2.05) is 4.90 Å². The second-order valence-electron chi connectivity index (χ2n) is 6.69. The molecule has 1 amide bonds. The molecule has 2 aliphatic rings. The molecule has 2 saturated heterocycles. The number of hydrogen-bond acceptors (Lipinski definition) is 3. The molecule has 22 heavy (non-hydrogen) atoms. The molecule has 0 radical (unpaired) electrons. The molecular formula is C18H27N3O. The first kappa shape index (κ1) is 15.5. The quantitative estimate of drug-likeness (QED) is 0.922. The van der Waals surface area contributed by atoms with Gasteiger partial charge in [-0.3, -0.25) is 9.69 Å². The normalized spacial score (nSPS) is 20.5. The Morgan fingerprint density at radius 1 is 1.00 bits per heavy atom. The highest BCUT2D eigenvalue weighted by molar-refractivity contribution is 5.78. The Bertz CT molecular complexity index is 486. The van der Waals surface area contributed by atoms with Crippen LogP contribution in [0.1, 0.15) is 36.8 Å². The van der Waals surface area contributed by atoms with Crippen molar-refractivity contribution in [1.29, 1.82) is 0 Å². The van der Waals surface area contributed by atoms with Gasteiger partial charge in [-0.05, 0) is 49.9 Å². The zero-order chi connectivity index (χ0) is 15.4. The number of hydrogen-bond donors (Lipinski definition) is 1. The predicted molar refractivity (Wildman–Crippen MR) is 88.4 cm³/mol. The number of rotatable bonds is 4. The summed E-state index contributed by atoms with van der Waals surface area (Å²) >= 11 is 0. The molecule has 0 aliphatic carbocycles. The number of carbonyl (C=O) groups is 1. The number of nitrogens with zero attached hydrogens (tertiary/aromatic N) is 2. The van der Waals surface area contributed by atoms with Crippen molar-refractivity contribution in [2.75, 3.05) is 26.2 Å². The maximum Gasteiger partial charge on any atom is 0.226 e. The number of carbonyl (C=O) groups excluding carboxylic acids is 1. The van der Waals surface area contributed by atoms with E-state index in [2.05, 4.69) is 29.2 Å². The lowest BCUT2D eigenvalue weighted by Crippen LogP contribution is -2.43. The molecule has 2 heterocycles. The summed E-state index contributed by atoms with van der Waals surface area (Å²) in [5, 5.41) is 0. The molecule has 0 saturated carbocycles. The van der Waals surface area contributed by atoms with Crippen molar-refractivity contribution >= 4 is 5.91 Å². The molecule has 0 spiro atoms. The third kappa shape index (κ3) is 4.08. The summed E-state index contributed by atoms with van der Waals surface area (Å²) in [7, 11) is 0. The highest BCUT2D eigenvalue weighted by atomic mass is 16.2. The van der Waals surface area contributed by atoms with Gasteiger partial charge in [0.2, 0.25) is 5.91 Å². The molecule has 1 aromatic rings. The van der Waals surface area contributed by atoms with E-state index in [-0.39, 0.29) is 11.9 Å². The molecule has 2 N–H and O–H groups in total. The van der Waals surface area contributed by atoms with Gasteiger partial charge in [0.15, 0.2) is 0 Å². The Kier molecular flexibility index (Phi) is 5.11. The van der Waals surface area contributed by atoms with Gasteiger partial charge in [-0.15, -0.1) is 0 Å². The molecule has 120 valence electrons. The molecular weight excluding hydrogens is 274 g/mol. The fourth-order valence-electron chi connectivity index (χ4n) is 3.40. The van der Waals surface area contributed by atoms with Crippen LogP contribution >= 0.6 is 0 Å². The minimum atomic E-state index is 0.235. The third-order valence-electron chi connectivity index (χ3n) is 4.88. The first-order valence-corrected chi connectivity index (χ1v) is 8.54. The maximum atomic E-state index is 12.3. The summed E-state index contributed by atoms with van der Waals surface area (Å²) in [5.74, 6) is 0.235. The minimum absolute atomic E-state index is 0.235. The van der Waals surface area contributed by atoms with Crippen LogP contribution in [0.15, 0.2) is 24.3 Å². The van der Waals surface area contributed by atoms with E-state index in [1.54, 1.807) is 0 Å². The number of benzene rings is 1. The lowest BCUT2D eigenvalue weighted by atomic mass is 10.0. The fraction of sp³-hybridized carbons (Fsp3) is 0.611. The van der Waals surface area contributed by atoms with E-state index in [0.717, 1.165) is 38.0 Å². The number of likely N-dealkylation sites (tertiary alicyclic amines) is 2. The van der Waals surface area contributed by atoms with Crippen LogP contribution in [-0.2, 0) is 17.8 Å². The standard InChI is InChI=1S/C18H27N3O/c19-17-7-11-21(12-8-17)18(22)13-15-3-5-16(6-4-15)14-20-9-1-2-10-20/h3-6,17H,1-2,7-14,19H2. The Labute approximate surface area is 133 Å². The van der Waals surface area contributed by atoms with Gasteiger partial charge in [-0.1, -0.05) is 24.3 Å². The molecule has 0 bridgehead atoms. The fourth-order valence-corrected chi connectivity index (χ4v) is 3.40. The van der Waals surface area contributed by atoms with Crippen LogP contribution in [0.4, 0.5) is 0 Å². The number of amides is 1. The van der Waals surface area contributed by atoms with Gasteiger partial charge < -0.3 is 10.6 Å². The molecule has 3 rings (SSSR count). The van der Waals surface area contributed by atoms with Crippen molar-refractivity contribution in [2.24, 2.45) is 5.73 Å². The average molecular weight is 301 g/mol. The second-order valence-corrected chi connectivity index (χ2v) is 6.69. The molecule has 4 nitrogen and oxygen atoms in total. The lowest BCUT2D eigenvalue weighted by Gasteiger charge is -2.30. The molecule has 0 aromatic heterocycles. The third-order valence-corrected chi connectivity index (χ3v) is 4.88. The topological polar surface area (TPSA) is 49.6 Å². The Hall–Kier alpha value is -1.39. The highest BCUT2D eigenvalue weighted by Crippen LogP contribution is 2.15. The van der Waals surface area contributed by atoms with Gasteiger partial charge in [0, 0.05) is 25.7 Å². The van der Waals surface area contributed by atoms with E-state index in [4.69, 9.17) is 5.73 Å². The summed E-state index contributed by atoms with van der Waals surface area (Å²) in [4.78, 5) is 16.8. The molecule has 2 aliphatic heterocycles. The highest BCUT2D eigenvalue weighted by Gasteiger charge is 2.20. The van der Waals surface area contributed by atoms with E-state index in [1.165, 1.54) is 31.5 Å². The first-order valence-electron chi connectivity index (χ1n) is 8.54. The van der Waals surface area contributed by atoms with Crippen LogP contribution < -0.4 is 5.73 Å². The van der Waals surface area contributed by atoms with Crippen molar-refractivity contribution in [3.8, 4) is 0 Å². The van der Waals surface area contributed by atoms with Crippen molar-refractivity contribution in [2.45, 2.75) is 44.7 Å². The van der Waals surface area contributed by atoms with Crippen LogP contribution in [0.5, 0.6) is 0 Å². The van der Waals surface area contributed by atoms with E-state index in [0.29, 0.717) is 6.42 Å². The summed E-state index contributed by atoms with van der Waals surface area (Å²) in [6, 6.07) is 8.84. The predicted octanol–water partition coefficient (Wildman–Crippen LogP) is 1.77. The Balaban J connectivity index is 1.50. The van der Waals surface area contributed by atoms with Gasteiger partial charge in [-0.25, -0.2) is 0 Å². The average Bonchev–Trinajstić information content (AvgIpc) is 3.03. The van der Waals surface area contributed by atoms with Crippen molar-refractivity contribution in [3.05, 3.63) is 35.4 Å². The van der Waals surface area contributed by atoms with Crippen LogP contribution in [-0.4, -0.2) is 47.9 Å². The van der Waals surface area contributed by atoms with Gasteiger partial charge in [0.1, 0.15) is 0 Å². The van der Waals surface area contributed by atoms with E-state index in [9.17, 15) is 4.79 Å². The first-order chi connectivity index (χ1) is 10.7. The maximum absolute atomic E-state index is 12.3. The minimum Gasteiger partial charge on any atom is -0.342 e. The number of nitrogens with two attached hydrogens (primary N) is 1. The monoisotopic (exact) mass is 301 g/mol. The van der Waals surface area contributed by atoms with Crippen LogP contribution in [0.3, 0.4) is 0 Å². The van der Waals surface area contributed by atoms with Crippen LogP contribution in [0, 0.1) is 0 Å². The van der Waals surface area contributed by atoms with Gasteiger partial charge >= 0.3 is 0 Å². The van der Waals surface area contributed by atoms with Gasteiger partial charge in [-0.2, -0.15) is 0 Å². The van der Waals surface area contributed by atoms with Gasteiger partial charge in [0.05, 0.1) is 6.42 Å². The van der Waals surface area contributed by atoms with Crippen LogP contribution in [0.25, 0.3) is 0 Å². The smallest absolute Gasteiger partial charge is 0.226 e.